The van der Waals surface area contributed by atoms with Gasteiger partial charge in [0, 0.05) is 36.9 Å². The summed E-state index contributed by atoms with van der Waals surface area (Å²) in [7, 11) is 0. The number of halogens is 2. The summed E-state index contributed by atoms with van der Waals surface area (Å²) in [5.41, 5.74) is 1.93. The Labute approximate surface area is 199 Å². The average molecular weight is 613 g/mol. The Balaban J connectivity index is 0.00000196. The van der Waals surface area contributed by atoms with Crippen molar-refractivity contribution in [2.75, 3.05) is 0 Å². The van der Waals surface area contributed by atoms with E-state index < -0.39 is 11.6 Å². The number of benzene rings is 5. The number of fused-ring (bicyclic) bond motifs is 7. The molecule has 6 aromatic rings. The van der Waals surface area contributed by atoms with E-state index in [2.05, 4.69) is 30.3 Å². The molecule has 0 aliphatic carbocycles. The molecule has 0 bridgehead atoms. The van der Waals surface area contributed by atoms with E-state index in [0.29, 0.717) is 10.8 Å². The summed E-state index contributed by atoms with van der Waals surface area (Å²) in [5.74, 6) is -1.66. The fraction of sp³-hybridized carbons (Fsp3) is 0. The van der Waals surface area contributed by atoms with E-state index in [-0.39, 0.29) is 20.1 Å². The van der Waals surface area contributed by atoms with Gasteiger partial charge in [0.2, 0.25) is 0 Å². The molecule has 5 aromatic carbocycles. The first kappa shape index (κ1) is 19.8. The standard InChI is InChI=1S/C27H12F2NS.Ir/c28-22-10-16-5-6-17-18-7-8-30-27-21-9-14-3-1-2-4-15(14)11-24(21)31-25(26(18)27)13-20(17)19(16)12-23(22)29;/h1-8,10-13H;/q-1;. The van der Waals surface area contributed by atoms with Gasteiger partial charge in [-0.15, -0.1) is 35.3 Å². The molecule has 0 saturated heterocycles. The minimum absolute atomic E-state index is 0. The minimum Gasteiger partial charge on any atom is -0.294 e. The smallest absolute Gasteiger partial charge is 0.159 e. The van der Waals surface area contributed by atoms with Crippen molar-refractivity contribution in [2.24, 2.45) is 0 Å². The predicted octanol–water partition coefficient (Wildman–Crippen LogP) is 7.90. The molecule has 0 atom stereocenters. The predicted molar refractivity (Wildman–Crippen MR) is 123 cm³/mol. The van der Waals surface area contributed by atoms with Crippen molar-refractivity contribution in [3.05, 3.63) is 90.6 Å². The third kappa shape index (κ3) is 2.69. The number of rotatable bonds is 0. The van der Waals surface area contributed by atoms with E-state index in [1.165, 1.54) is 12.1 Å². The molecule has 5 heteroatoms. The van der Waals surface area contributed by atoms with Crippen LogP contribution in [0.2, 0.25) is 0 Å². The summed E-state index contributed by atoms with van der Waals surface area (Å²) < 4.78 is 27.9. The Morgan fingerprint density at radius 2 is 1.56 bits per heavy atom. The van der Waals surface area contributed by atoms with E-state index in [0.717, 1.165) is 53.4 Å². The topological polar surface area (TPSA) is 12.9 Å². The van der Waals surface area contributed by atoms with Crippen LogP contribution < -0.4 is 0 Å². The molecule has 1 aliphatic rings. The SMILES string of the molecule is Fc1cc2ccc3c4ccnc5c4c(cc3c2cc1F)Sc1cc2ccccc2[c-]c1-5.[Ir]. The zero-order valence-electron chi connectivity index (χ0n) is 16.4. The fourth-order valence-electron chi connectivity index (χ4n) is 4.66. The van der Waals surface area contributed by atoms with Crippen molar-refractivity contribution in [1.82, 2.24) is 4.98 Å². The van der Waals surface area contributed by atoms with Crippen molar-refractivity contribution >= 4 is 54.9 Å². The molecule has 1 radical (unpaired) electrons. The van der Waals surface area contributed by atoms with Gasteiger partial charge in [-0.05, 0) is 61.5 Å². The van der Waals surface area contributed by atoms with Gasteiger partial charge in [0.05, 0.1) is 0 Å². The summed E-state index contributed by atoms with van der Waals surface area (Å²) in [4.78, 5) is 6.89. The Morgan fingerprint density at radius 1 is 0.719 bits per heavy atom. The molecule has 7 rings (SSSR count). The van der Waals surface area contributed by atoms with Crippen LogP contribution in [-0.4, -0.2) is 4.98 Å². The molecule has 0 N–H and O–H groups in total. The van der Waals surface area contributed by atoms with Gasteiger partial charge < -0.3 is 0 Å². The Hall–Kier alpha value is -2.85. The fourth-order valence-corrected chi connectivity index (χ4v) is 5.82. The van der Waals surface area contributed by atoms with Crippen LogP contribution in [0, 0.1) is 17.7 Å². The van der Waals surface area contributed by atoms with Gasteiger partial charge in [-0.3, -0.25) is 4.98 Å². The molecule has 32 heavy (non-hydrogen) atoms. The van der Waals surface area contributed by atoms with Crippen LogP contribution in [0.1, 0.15) is 0 Å². The van der Waals surface area contributed by atoms with Crippen LogP contribution in [-0.2, 0) is 20.1 Å². The van der Waals surface area contributed by atoms with Gasteiger partial charge >= 0.3 is 0 Å². The van der Waals surface area contributed by atoms with E-state index in [4.69, 9.17) is 4.98 Å². The van der Waals surface area contributed by atoms with Crippen LogP contribution in [0.3, 0.4) is 0 Å². The first-order valence-electron chi connectivity index (χ1n) is 9.94. The molecule has 1 aliphatic heterocycles. The van der Waals surface area contributed by atoms with Crippen LogP contribution in [0.4, 0.5) is 8.78 Å². The monoisotopic (exact) mass is 613 g/mol. The van der Waals surface area contributed by atoms with Crippen molar-refractivity contribution < 1.29 is 28.9 Å². The second-order valence-electron chi connectivity index (χ2n) is 7.80. The molecule has 0 spiro atoms. The van der Waals surface area contributed by atoms with E-state index >= 15 is 0 Å². The molecule has 0 saturated carbocycles. The van der Waals surface area contributed by atoms with Crippen molar-refractivity contribution in [2.45, 2.75) is 9.79 Å². The molecule has 0 amide bonds. The van der Waals surface area contributed by atoms with Gasteiger partial charge in [0.15, 0.2) is 11.6 Å². The summed E-state index contributed by atoms with van der Waals surface area (Å²) in [6.07, 6.45) is 1.82. The molecular formula is C27H12F2IrNS-. The van der Waals surface area contributed by atoms with Gasteiger partial charge in [-0.25, -0.2) is 8.78 Å². The third-order valence-corrected chi connectivity index (χ3v) is 7.16. The molecule has 0 unspecified atom stereocenters. The van der Waals surface area contributed by atoms with Crippen LogP contribution in [0.5, 0.6) is 0 Å². The maximum Gasteiger partial charge on any atom is 0.159 e. The molecule has 0 fully saturated rings. The van der Waals surface area contributed by atoms with Gasteiger partial charge in [-0.2, -0.15) is 0 Å². The van der Waals surface area contributed by atoms with E-state index in [9.17, 15) is 8.78 Å². The first-order chi connectivity index (χ1) is 15.2. The quantitative estimate of drug-likeness (QED) is 0.128. The Kier molecular flexibility index (Phi) is 4.38. The third-order valence-electron chi connectivity index (χ3n) is 6.08. The summed E-state index contributed by atoms with van der Waals surface area (Å²) in [5, 5.41) is 7.66. The maximum atomic E-state index is 14.1. The van der Waals surface area contributed by atoms with Crippen molar-refractivity contribution in [1.29, 1.82) is 0 Å². The molecule has 2 heterocycles. The summed E-state index contributed by atoms with van der Waals surface area (Å²) in [6, 6.07) is 24.4. The zero-order valence-corrected chi connectivity index (χ0v) is 19.6. The number of hydrogen-bond acceptors (Lipinski definition) is 2. The van der Waals surface area contributed by atoms with Crippen molar-refractivity contribution in [3.8, 4) is 11.3 Å². The number of pyridine rings is 1. The van der Waals surface area contributed by atoms with Gasteiger partial charge in [0.25, 0.3) is 0 Å². The second kappa shape index (κ2) is 7.08. The summed E-state index contributed by atoms with van der Waals surface area (Å²) in [6.45, 7) is 0. The van der Waals surface area contributed by atoms with Crippen LogP contribution in [0.15, 0.2) is 82.7 Å². The maximum absolute atomic E-state index is 14.1. The molecular weight excluding hydrogens is 601 g/mol. The Morgan fingerprint density at radius 3 is 2.47 bits per heavy atom. The van der Waals surface area contributed by atoms with E-state index in [1.54, 1.807) is 11.8 Å². The molecule has 1 nitrogen and oxygen atoms in total. The normalized spacial score (nSPS) is 12.3. The summed E-state index contributed by atoms with van der Waals surface area (Å²) >= 11 is 1.68. The zero-order chi connectivity index (χ0) is 20.7. The number of hydrogen-bond donors (Lipinski definition) is 0. The van der Waals surface area contributed by atoms with Crippen LogP contribution in [0.25, 0.3) is 54.3 Å². The average Bonchev–Trinajstić information content (AvgIpc) is 2.79. The number of nitrogens with zero attached hydrogens (tertiary/aromatic N) is 1. The first-order valence-corrected chi connectivity index (χ1v) is 10.8. The van der Waals surface area contributed by atoms with E-state index in [1.807, 2.05) is 36.5 Å². The van der Waals surface area contributed by atoms with Crippen LogP contribution >= 0.6 is 11.8 Å². The van der Waals surface area contributed by atoms with Gasteiger partial charge in [-0.1, -0.05) is 41.3 Å². The molecule has 1 aromatic heterocycles. The van der Waals surface area contributed by atoms with Crippen molar-refractivity contribution in [3.63, 3.8) is 0 Å². The largest absolute Gasteiger partial charge is 0.294 e. The van der Waals surface area contributed by atoms with Gasteiger partial charge in [0.1, 0.15) is 0 Å². The second-order valence-corrected chi connectivity index (χ2v) is 8.89. The number of aromatic nitrogens is 1. The molecule has 155 valence electrons. The Bertz CT molecular complexity index is 1750. The minimum atomic E-state index is -0.830.